The van der Waals surface area contributed by atoms with E-state index in [0.717, 1.165) is 22.7 Å². The Bertz CT molecular complexity index is 1730. The Kier molecular flexibility index (Phi) is 8.30. The molecule has 2 aliphatic heterocycles. The molecule has 2 N–H and O–H groups in total. The van der Waals surface area contributed by atoms with Gasteiger partial charge in [0.2, 0.25) is 5.75 Å². The zero-order valence-corrected chi connectivity index (χ0v) is 25.6. The number of hydrogen-bond acceptors (Lipinski definition) is 8. The van der Waals surface area contributed by atoms with Gasteiger partial charge in [-0.3, -0.25) is 14.4 Å². The quantitative estimate of drug-likeness (QED) is 0.280. The van der Waals surface area contributed by atoms with Crippen LogP contribution in [0.4, 0.5) is 11.4 Å². The van der Waals surface area contributed by atoms with Crippen molar-refractivity contribution in [3.63, 3.8) is 0 Å². The predicted molar refractivity (Wildman–Crippen MR) is 170 cm³/mol. The van der Waals surface area contributed by atoms with E-state index in [4.69, 9.17) is 14.2 Å². The fraction of sp³-hybridized carbons (Fsp3) is 0.303. The number of anilines is 2. The van der Waals surface area contributed by atoms with Crippen LogP contribution < -0.4 is 35.3 Å². The number of piperidine rings is 1. The fourth-order valence-electron chi connectivity index (χ4n) is 6.24. The van der Waals surface area contributed by atoms with Crippen molar-refractivity contribution in [1.82, 2.24) is 9.88 Å². The van der Waals surface area contributed by atoms with Crippen LogP contribution in [-0.4, -0.2) is 50.8 Å². The van der Waals surface area contributed by atoms with Gasteiger partial charge in [-0.15, -0.1) is 11.3 Å². The molecule has 0 aliphatic carbocycles. The third kappa shape index (κ3) is 5.74. The number of fused-ring (bicyclic) bond motifs is 4. The third-order valence-electron chi connectivity index (χ3n) is 8.26. The highest BCUT2D eigenvalue weighted by Crippen LogP contribution is 2.41. The molecule has 2 aromatic carbocycles. The molecule has 2 unspecified atom stereocenters. The number of aromatic nitrogens is 1. The minimum absolute atomic E-state index is 0.0295. The van der Waals surface area contributed by atoms with Crippen molar-refractivity contribution in [2.24, 2.45) is 5.92 Å². The summed E-state index contributed by atoms with van der Waals surface area (Å²) in [5.74, 6) is 0.912. The number of benzene rings is 2. The van der Waals surface area contributed by atoms with Crippen molar-refractivity contribution in [2.75, 3.05) is 44.6 Å². The number of thiophene rings is 1. The first-order valence-electron chi connectivity index (χ1n) is 14.4. The van der Waals surface area contributed by atoms with Gasteiger partial charge >= 0.3 is 0 Å². The fourth-order valence-corrected chi connectivity index (χ4v) is 6.88. The lowest BCUT2D eigenvalue weighted by molar-refractivity contribution is 0.0950. The van der Waals surface area contributed by atoms with Crippen molar-refractivity contribution in [3.05, 3.63) is 98.1 Å². The summed E-state index contributed by atoms with van der Waals surface area (Å²) in [6, 6.07) is 18.0. The second-order valence-electron chi connectivity index (χ2n) is 11.0. The molecular weight excluding hydrogens is 580 g/mol. The normalized spacial score (nSPS) is 16.9. The van der Waals surface area contributed by atoms with Crippen LogP contribution in [0.1, 0.15) is 43.6 Å². The second kappa shape index (κ2) is 12.5. The Balaban J connectivity index is 1.33. The Morgan fingerprint density at radius 1 is 0.886 bits per heavy atom. The number of methoxy groups -OCH3 is 3. The first-order valence-corrected chi connectivity index (χ1v) is 15.3. The van der Waals surface area contributed by atoms with E-state index in [-0.39, 0.29) is 23.3 Å². The maximum Gasteiger partial charge on any atom is 0.255 e. The molecule has 2 atom stereocenters. The molecule has 44 heavy (non-hydrogen) atoms. The molecule has 1 fully saturated rings. The van der Waals surface area contributed by atoms with Gasteiger partial charge in [-0.1, -0.05) is 12.1 Å². The van der Waals surface area contributed by atoms with Gasteiger partial charge in [-0.2, -0.15) is 0 Å². The molecule has 6 rings (SSSR count). The zero-order chi connectivity index (χ0) is 30.8. The molecule has 11 heteroatoms. The van der Waals surface area contributed by atoms with Gasteiger partial charge < -0.3 is 34.3 Å². The number of amides is 2. The van der Waals surface area contributed by atoms with Gasteiger partial charge in [0, 0.05) is 53.3 Å². The van der Waals surface area contributed by atoms with Crippen molar-refractivity contribution in [3.8, 4) is 17.2 Å². The van der Waals surface area contributed by atoms with Crippen LogP contribution in [0.15, 0.2) is 70.8 Å². The van der Waals surface area contributed by atoms with Crippen LogP contribution >= 0.6 is 11.3 Å². The molecule has 228 valence electrons. The number of carbonyl (C=O) groups is 2. The predicted octanol–water partition coefficient (Wildman–Crippen LogP) is 4.74. The van der Waals surface area contributed by atoms with Gasteiger partial charge in [-0.25, -0.2) is 0 Å². The van der Waals surface area contributed by atoms with Crippen molar-refractivity contribution >= 4 is 34.5 Å². The van der Waals surface area contributed by atoms with Gasteiger partial charge in [0.25, 0.3) is 17.4 Å². The molecule has 4 aromatic rings. The van der Waals surface area contributed by atoms with Crippen LogP contribution in [0.2, 0.25) is 0 Å². The van der Waals surface area contributed by atoms with E-state index in [9.17, 15) is 14.4 Å². The first kappa shape index (κ1) is 29.3. The minimum atomic E-state index is -0.393. The van der Waals surface area contributed by atoms with E-state index in [0.29, 0.717) is 60.2 Å². The maximum atomic E-state index is 13.7. The van der Waals surface area contributed by atoms with Crippen LogP contribution in [0.3, 0.4) is 0 Å². The minimum Gasteiger partial charge on any atom is -0.493 e. The lowest BCUT2D eigenvalue weighted by Gasteiger charge is -2.44. The summed E-state index contributed by atoms with van der Waals surface area (Å²) in [4.78, 5) is 42.8. The first-order chi connectivity index (χ1) is 21.4. The highest BCUT2D eigenvalue weighted by atomic mass is 32.1. The molecule has 0 spiro atoms. The van der Waals surface area contributed by atoms with E-state index >= 15 is 0 Å². The van der Waals surface area contributed by atoms with E-state index in [1.807, 2.05) is 40.3 Å². The number of nitrogens with one attached hydrogen (secondary N) is 2. The summed E-state index contributed by atoms with van der Waals surface area (Å²) in [5, 5.41) is 8.00. The molecular formula is C33H34N4O6S. The van der Waals surface area contributed by atoms with E-state index in [1.165, 1.54) is 21.3 Å². The Labute approximate surface area is 259 Å². The van der Waals surface area contributed by atoms with Crippen LogP contribution in [-0.2, 0) is 13.1 Å². The average Bonchev–Trinajstić information content (AvgIpc) is 3.57. The number of carbonyl (C=O) groups excluding carboxylic acids is 2. The molecule has 1 saturated heterocycles. The summed E-state index contributed by atoms with van der Waals surface area (Å²) in [6.45, 7) is 2.46. The van der Waals surface area contributed by atoms with Gasteiger partial charge in [0.15, 0.2) is 11.5 Å². The van der Waals surface area contributed by atoms with Crippen molar-refractivity contribution in [2.45, 2.75) is 25.4 Å². The molecule has 0 radical (unpaired) electrons. The number of ether oxygens (including phenoxy) is 3. The topological polar surface area (TPSA) is 111 Å². The standard InChI is InChI=1S/C33H34N4O6S/c1-41-28-14-22(15-29(42-2)31(28)43-3)33(40)35-25-13-21(32(39)34-16-24-6-5-11-44-24)9-10-27(25)36-17-20-12-23(19-36)26-7-4-8-30(38)37(26)18-20/h4-11,13-15,20,23H,12,16-19H2,1-3H3,(H,34,39)(H,35,40). The van der Waals surface area contributed by atoms with E-state index in [2.05, 4.69) is 15.5 Å². The Morgan fingerprint density at radius 3 is 2.39 bits per heavy atom. The summed E-state index contributed by atoms with van der Waals surface area (Å²) in [5.41, 5.74) is 3.12. The lowest BCUT2D eigenvalue weighted by atomic mass is 9.83. The molecule has 10 nitrogen and oxygen atoms in total. The highest BCUT2D eigenvalue weighted by Gasteiger charge is 2.35. The summed E-state index contributed by atoms with van der Waals surface area (Å²) < 4.78 is 18.2. The maximum absolute atomic E-state index is 13.7. The van der Waals surface area contributed by atoms with Crippen LogP contribution in [0, 0.1) is 5.92 Å². The summed E-state index contributed by atoms with van der Waals surface area (Å²) in [7, 11) is 4.49. The number of hydrogen-bond donors (Lipinski definition) is 2. The van der Waals surface area contributed by atoms with Crippen molar-refractivity contribution in [1.29, 1.82) is 0 Å². The molecule has 2 aliphatic rings. The van der Waals surface area contributed by atoms with Crippen LogP contribution in [0.25, 0.3) is 0 Å². The lowest BCUT2D eigenvalue weighted by Crippen LogP contribution is -2.47. The zero-order valence-electron chi connectivity index (χ0n) is 24.8. The average molecular weight is 615 g/mol. The Hall–Kier alpha value is -4.77. The molecule has 2 amide bonds. The van der Waals surface area contributed by atoms with Gasteiger partial charge in [-0.05, 0) is 60.2 Å². The monoisotopic (exact) mass is 614 g/mol. The van der Waals surface area contributed by atoms with Crippen LogP contribution in [0.5, 0.6) is 17.2 Å². The molecule has 2 bridgehead atoms. The summed E-state index contributed by atoms with van der Waals surface area (Å²) in [6.07, 6.45) is 0.996. The number of pyridine rings is 1. The van der Waals surface area contributed by atoms with Gasteiger partial charge in [0.1, 0.15) is 0 Å². The summed E-state index contributed by atoms with van der Waals surface area (Å²) >= 11 is 1.57. The van der Waals surface area contributed by atoms with E-state index < -0.39 is 5.91 Å². The number of nitrogens with zero attached hydrogens (tertiary/aromatic N) is 2. The molecule has 4 heterocycles. The smallest absolute Gasteiger partial charge is 0.255 e. The van der Waals surface area contributed by atoms with Gasteiger partial charge in [0.05, 0.1) is 39.2 Å². The van der Waals surface area contributed by atoms with Crippen molar-refractivity contribution < 1.29 is 23.8 Å². The molecule has 2 aromatic heterocycles. The second-order valence-corrected chi connectivity index (χ2v) is 12.0. The highest BCUT2D eigenvalue weighted by molar-refractivity contribution is 7.09. The molecule has 0 saturated carbocycles. The largest absolute Gasteiger partial charge is 0.493 e. The Morgan fingerprint density at radius 2 is 1.68 bits per heavy atom. The van der Waals surface area contributed by atoms with E-state index in [1.54, 1.807) is 41.7 Å². The third-order valence-corrected chi connectivity index (χ3v) is 9.13. The number of rotatable bonds is 9. The SMILES string of the molecule is COc1cc(C(=O)Nc2cc(C(=O)NCc3cccs3)ccc2N2CC3CC(C2)c2cccc(=O)n2C3)cc(OC)c1OC.